The zero-order chi connectivity index (χ0) is 14.7. The summed E-state index contributed by atoms with van der Waals surface area (Å²) in [6, 6.07) is 9.72. The van der Waals surface area contributed by atoms with E-state index in [-0.39, 0.29) is 5.91 Å². The zero-order valence-electron chi connectivity index (χ0n) is 12.0. The van der Waals surface area contributed by atoms with Crippen molar-refractivity contribution in [2.45, 2.75) is 19.9 Å². The van der Waals surface area contributed by atoms with E-state index in [2.05, 4.69) is 14.9 Å². The first kappa shape index (κ1) is 13.4. The van der Waals surface area contributed by atoms with Gasteiger partial charge in [0.2, 0.25) is 0 Å². The van der Waals surface area contributed by atoms with Crippen LogP contribution in [-0.2, 0) is 6.54 Å². The summed E-state index contributed by atoms with van der Waals surface area (Å²) >= 11 is 0. The van der Waals surface area contributed by atoms with Gasteiger partial charge in [-0.1, -0.05) is 6.07 Å². The summed E-state index contributed by atoms with van der Waals surface area (Å²) < 4.78 is 3.93. The molecule has 21 heavy (non-hydrogen) atoms. The van der Waals surface area contributed by atoms with E-state index in [0.717, 1.165) is 24.3 Å². The molecule has 0 saturated heterocycles. The van der Waals surface area contributed by atoms with Crippen LogP contribution in [-0.4, -0.2) is 26.4 Å². The molecule has 3 aromatic rings. The predicted octanol–water partition coefficient (Wildman–Crippen LogP) is 2.26. The average molecular weight is 282 g/mol. The van der Waals surface area contributed by atoms with E-state index in [0.29, 0.717) is 12.2 Å². The summed E-state index contributed by atoms with van der Waals surface area (Å²) in [7, 11) is 0. The number of carbonyl (C=O) groups excluding carboxylic acids is 1. The molecule has 3 heterocycles. The second-order valence-corrected chi connectivity index (χ2v) is 5.00. The minimum atomic E-state index is -0.0706. The number of imidazole rings is 1. The molecule has 0 aliphatic carbocycles. The normalized spacial score (nSPS) is 10.9. The number of pyridine rings is 1. The fraction of sp³-hybridized carbons (Fsp3) is 0.250. The van der Waals surface area contributed by atoms with E-state index in [9.17, 15) is 4.79 Å². The van der Waals surface area contributed by atoms with Gasteiger partial charge in [-0.25, -0.2) is 4.98 Å². The fourth-order valence-electron chi connectivity index (χ4n) is 2.45. The fourth-order valence-corrected chi connectivity index (χ4v) is 2.45. The molecule has 0 bridgehead atoms. The molecule has 1 amide bonds. The third kappa shape index (κ3) is 2.81. The van der Waals surface area contributed by atoms with Crippen LogP contribution in [0, 0.1) is 6.92 Å². The van der Waals surface area contributed by atoms with Gasteiger partial charge in [0, 0.05) is 31.7 Å². The molecule has 3 aromatic heterocycles. The van der Waals surface area contributed by atoms with Crippen molar-refractivity contribution in [3.05, 3.63) is 60.3 Å². The summed E-state index contributed by atoms with van der Waals surface area (Å²) in [6.45, 7) is 3.41. The molecule has 5 nitrogen and oxygen atoms in total. The summed E-state index contributed by atoms with van der Waals surface area (Å²) in [6.07, 6.45) is 6.81. The lowest BCUT2D eigenvalue weighted by Crippen LogP contribution is -2.27. The second-order valence-electron chi connectivity index (χ2n) is 5.00. The highest BCUT2D eigenvalue weighted by molar-refractivity contribution is 5.94. The van der Waals surface area contributed by atoms with Gasteiger partial charge in [-0.2, -0.15) is 0 Å². The molecular formula is C16H18N4O. The number of carbonyl (C=O) groups is 1. The van der Waals surface area contributed by atoms with Gasteiger partial charge in [-0.3, -0.25) is 9.20 Å². The van der Waals surface area contributed by atoms with E-state index >= 15 is 0 Å². The molecule has 0 unspecified atom stereocenters. The minimum absolute atomic E-state index is 0.0706. The van der Waals surface area contributed by atoms with Crippen LogP contribution >= 0.6 is 0 Å². The molecule has 3 rings (SSSR count). The Balaban J connectivity index is 1.63. The van der Waals surface area contributed by atoms with Crippen LogP contribution in [0.2, 0.25) is 0 Å². The van der Waals surface area contributed by atoms with Crippen LogP contribution in [0.15, 0.2) is 48.9 Å². The number of nitrogens with zero attached hydrogens (tertiary/aromatic N) is 3. The number of aromatic nitrogens is 3. The van der Waals surface area contributed by atoms with Crippen molar-refractivity contribution in [2.75, 3.05) is 6.54 Å². The van der Waals surface area contributed by atoms with Crippen molar-refractivity contribution in [1.29, 1.82) is 0 Å². The van der Waals surface area contributed by atoms with E-state index in [1.54, 1.807) is 0 Å². The first-order chi connectivity index (χ1) is 10.3. The van der Waals surface area contributed by atoms with Crippen LogP contribution in [0.25, 0.3) is 5.65 Å². The van der Waals surface area contributed by atoms with E-state index < -0.39 is 0 Å². The topological polar surface area (TPSA) is 51.3 Å². The summed E-state index contributed by atoms with van der Waals surface area (Å²) in [5.41, 5.74) is 2.17. The van der Waals surface area contributed by atoms with Crippen molar-refractivity contribution >= 4 is 11.6 Å². The van der Waals surface area contributed by atoms with Crippen LogP contribution in [0.1, 0.15) is 22.6 Å². The Morgan fingerprint density at radius 3 is 2.76 bits per heavy atom. The number of aryl methyl sites for hydroxylation is 2. The highest BCUT2D eigenvalue weighted by Crippen LogP contribution is 2.11. The smallest absolute Gasteiger partial charge is 0.270 e. The highest BCUT2D eigenvalue weighted by atomic mass is 16.1. The second kappa shape index (κ2) is 5.83. The summed E-state index contributed by atoms with van der Waals surface area (Å²) in [5.74, 6) is -0.0706. The molecule has 5 heteroatoms. The van der Waals surface area contributed by atoms with Crippen molar-refractivity contribution in [3.8, 4) is 0 Å². The summed E-state index contributed by atoms with van der Waals surface area (Å²) in [4.78, 5) is 16.7. The molecule has 0 radical (unpaired) electrons. The lowest BCUT2D eigenvalue weighted by molar-refractivity contribution is 0.0946. The Hall–Kier alpha value is -2.56. The SMILES string of the molecule is Cc1nc2ccccn2c1C(=O)NCCCn1cccc1. The molecule has 0 fully saturated rings. The monoisotopic (exact) mass is 282 g/mol. The maximum absolute atomic E-state index is 12.3. The molecular weight excluding hydrogens is 264 g/mol. The largest absolute Gasteiger partial charge is 0.354 e. The molecule has 0 aromatic carbocycles. The van der Waals surface area contributed by atoms with E-state index in [1.807, 2.05) is 60.2 Å². The van der Waals surface area contributed by atoms with Crippen LogP contribution < -0.4 is 5.32 Å². The van der Waals surface area contributed by atoms with Gasteiger partial charge in [-0.15, -0.1) is 0 Å². The first-order valence-corrected chi connectivity index (χ1v) is 7.08. The quantitative estimate of drug-likeness (QED) is 0.730. The van der Waals surface area contributed by atoms with Gasteiger partial charge in [-0.05, 0) is 37.6 Å². The van der Waals surface area contributed by atoms with Gasteiger partial charge in [0.25, 0.3) is 5.91 Å². The number of rotatable bonds is 5. The minimum Gasteiger partial charge on any atom is -0.354 e. The number of amides is 1. The number of hydrogen-bond acceptors (Lipinski definition) is 2. The predicted molar refractivity (Wildman–Crippen MR) is 81.3 cm³/mol. The Morgan fingerprint density at radius 1 is 1.19 bits per heavy atom. The van der Waals surface area contributed by atoms with Crippen molar-refractivity contribution in [1.82, 2.24) is 19.3 Å². The third-order valence-corrected chi connectivity index (χ3v) is 3.46. The van der Waals surface area contributed by atoms with Gasteiger partial charge >= 0.3 is 0 Å². The van der Waals surface area contributed by atoms with E-state index in [4.69, 9.17) is 0 Å². The van der Waals surface area contributed by atoms with E-state index in [1.165, 1.54) is 0 Å². The van der Waals surface area contributed by atoms with Gasteiger partial charge in [0.15, 0.2) is 0 Å². The Bertz CT molecular complexity index is 743. The Kier molecular flexibility index (Phi) is 3.73. The average Bonchev–Trinajstić information content (AvgIpc) is 3.09. The number of nitrogens with one attached hydrogen (secondary N) is 1. The van der Waals surface area contributed by atoms with Gasteiger partial charge < -0.3 is 9.88 Å². The zero-order valence-corrected chi connectivity index (χ0v) is 12.0. The molecule has 0 saturated carbocycles. The maximum atomic E-state index is 12.3. The molecule has 0 spiro atoms. The maximum Gasteiger partial charge on any atom is 0.270 e. The molecule has 1 N–H and O–H groups in total. The highest BCUT2D eigenvalue weighted by Gasteiger charge is 2.15. The molecule has 108 valence electrons. The lowest BCUT2D eigenvalue weighted by atomic mass is 10.3. The van der Waals surface area contributed by atoms with Gasteiger partial charge in [0.05, 0.1) is 5.69 Å². The number of hydrogen-bond donors (Lipinski definition) is 1. The standard InChI is InChI=1S/C16H18N4O/c1-13-15(20-12-3-2-7-14(20)18-13)16(21)17-8-6-11-19-9-4-5-10-19/h2-5,7,9-10,12H,6,8,11H2,1H3,(H,17,21). The molecule has 0 aliphatic rings. The van der Waals surface area contributed by atoms with Crippen molar-refractivity contribution in [2.24, 2.45) is 0 Å². The summed E-state index contributed by atoms with van der Waals surface area (Å²) in [5, 5.41) is 2.97. The van der Waals surface area contributed by atoms with Crippen LogP contribution in [0.5, 0.6) is 0 Å². The number of fused-ring (bicyclic) bond motifs is 1. The molecule has 0 atom stereocenters. The third-order valence-electron chi connectivity index (χ3n) is 3.46. The van der Waals surface area contributed by atoms with Crippen LogP contribution in [0.3, 0.4) is 0 Å². The van der Waals surface area contributed by atoms with Crippen molar-refractivity contribution in [3.63, 3.8) is 0 Å². The Morgan fingerprint density at radius 2 is 1.95 bits per heavy atom. The van der Waals surface area contributed by atoms with Crippen molar-refractivity contribution < 1.29 is 4.79 Å². The Labute approximate surface area is 123 Å². The van der Waals surface area contributed by atoms with Crippen LogP contribution in [0.4, 0.5) is 0 Å². The molecule has 0 aliphatic heterocycles. The lowest BCUT2D eigenvalue weighted by Gasteiger charge is -2.06. The van der Waals surface area contributed by atoms with Gasteiger partial charge in [0.1, 0.15) is 11.3 Å². The first-order valence-electron chi connectivity index (χ1n) is 7.08.